The van der Waals surface area contributed by atoms with Gasteiger partial charge in [-0.1, -0.05) is 0 Å². The normalized spacial score (nSPS) is 14.4. The first kappa shape index (κ1) is 18.4. The molecule has 0 nitrogen and oxygen atoms in total. The molecule has 0 aliphatic heterocycles. The molecule has 114 valence electrons. The van der Waals surface area contributed by atoms with Crippen LogP contribution in [0.15, 0.2) is 30.3 Å². The standard InChI is InChI=1S/C16H32SeSi3/c1-18(2,3)16(19(4,5)6,20(7,8)9)17-15-13-11-10-12-14-15/h10-14H,1-9H3. The molecule has 0 saturated heterocycles. The van der Waals surface area contributed by atoms with E-state index in [9.17, 15) is 0 Å². The van der Waals surface area contributed by atoms with E-state index >= 15 is 0 Å². The number of rotatable bonds is 5. The quantitative estimate of drug-likeness (QED) is 0.636. The maximum absolute atomic E-state index is 2.63. The first-order valence-corrected chi connectivity index (χ1v) is 19.8. The Kier molecular flexibility index (Phi) is 5.42. The summed E-state index contributed by atoms with van der Waals surface area (Å²) in [6.45, 7) is 23.7. The predicted molar refractivity (Wildman–Crippen MR) is 105 cm³/mol. The summed E-state index contributed by atoms with van der Waals surface area (Å²) in [6.07, 6.45) is 0. The Morgan fingerprint density at radius 2 is 1.00 bits per heavy atom. The zero-order valence-electron chi connectivity index (χ0n) is 14.8. The summed E-state index contributed by atoms with van der Waals surface area (Å²) in [6, 6.07) is 11.3. The second kappa shape index (κ2) is 5.88. The van der Waals surface area contributed by atoms with Crippen molar-refractivity contribution in [2.45, 2.75) is 62.1 Å². The molecule has 0 saturated carbocycles. The molecule has 1 rings (SSSR count). The average molecular weight is 388 g/mol. The predicted octanol–water partition coefficient (Wildman–Crippen LogP) is 4.81. The van der Waals surface area contributed by atoms with Crippen molar-refractivity contribution in [1.29, 1.82) is 0 Å². The van der Waals surface area contributed by atoms with Crippen LogP contribution in [0.3, 0.4) is 0 Å². The molecule has 0 N–H and O–H groups in total. The van der Waals surface area contributed by atoms with Crippen molar-refractivity contribution in [3.63, 3.8) is 0 Å². The van der Waals surface area contributed by atoms with E-state index in [1.807, 2.05) is 0 Å². The van der Waals surface area contributed by atoms with Gasteiger partial charge in [-0.05, 0) is 0 Å². The third kappa shape index (κ3) is 3.41. The zero-order chi connectivity index (χ0) is 15.8. The third-order valence-corrected chi connectivity index (χ3v) is 38.9. The summed E-state index contributed by atoms with van der Waals surface area (Å²) in [5.74, 6) is 0. The molecular formula is C16H32SeSi3. The number of hydrogen-bond acceptors (Lipinski definition) is 0. The van der Waals surface area contributed by atoms with E-state index in [1.54, 1.807) is 4.46 Å². The van der Waals surface area contributed by atoms with Crippen LogP contribution < -0.4 is 4.46 Å². The molecular weight excluding hydrogens is 355 g/mol. The molecule has 0 aromatic heterocycles. The molecule has 0 aliphatic rings. The van der Waals surface area contributed by atoms with Gasteiger partial charge >= 0.3 is 136 Å². The van der Waals surface area contributed by atoms with Crippen molar-refractivity contribution >= 4 is 43.6 Å². The van der Waals surface area contributed by atoms with Gasteiger partial charge in [0, 0.05) is 0 Å². The molecule has 1 aromatic rings. The third-order valence-electron chi connectivity index (χ3n) is 4.18. The van der Waals surface area contributed by atoms with E-state index < -0.39 is 24.2 Å². The molecule has 0 bridgehead atoms. The Labute approximate surface area is 136 Å². The number of benzene rings is 1. The molecule has 1 aromatic carbocycles. The van der Waals surface area contributed by atoms with Gasteiger partial charge in [0.1, 0.15) is 0 Å². The maximum atomic E-state index is 2.63. The van der Waals surface area contributed by atoms with Gasteiger partial charge < -0.3 is 0 Å². The minimum atomic E-state index is -1.24. The van der Waals surface area contributed by atoms with Crippen molar-refractivity contribution in [1.82, 2.24) is 0 Å². The Balaban J connectivity index is 3.48. The van der Waals surface area contributed by atoms with Crippen LogP contribution in [0.4, 0.5) is 0 Å². The Morgan fingerprint density at radius 1 is 0.650 bits per heavy atom. The van der Waals surface area contributed by atoms with E-state index in [0.717, 1.165) is 0 Å². The molecule has 0 heterocycles. The van der Waals surface area contributed by atoms with E-state index in [1.165, 1.54) is 0 Å². The van der Waals surface area contributed by atoms with Crippen molar-refractivity contribution < 1.29 is 0 Å². The summed E-state index contributed by atoms with van der Waals surface area (Å²) in [7, 11) is -3.72. The summed E-state index contributed by atoms with van der Waals surface area (Å²) in [4.78, 5) is 0. The fraction of sp³-hybridized carbons (Fsp3) is 0.625. The monoisotopic (exact) mass is 388 g/mol. The van der Waals surface area contributed by atoms with Gasteiger partial charge in [-0.2, -0.15) is 0 Å². The summed E-state index contributed by atoms with van der Waals surface area (Å²) < 4.78 is 2.31. The van der Waals surface area contributed by atoms with Gasteiger partial charge in [0.2, 0.25) is 0 Å². The van der Waals surface area contributed by atoms with Crippen LogP contribution in [0, 0.1) is 0 Å². The van der Waals surface area contributed by atoms with Crippen LogP contribution in [-0.4, -0.2) is 39.2 Å². The van der Waals surface area contributed by atoms with Crippen LogP contribution in [-0.2, 0) is 0 Å². The van der Waals surface area contributed by atoms with E-state index in [4.69, 9.17) is 0 Å². The van der Waals surface area contributed by atoms with E-state index in [2.05, 4.69) is 89.3 Å². The molecule has 4 heteroatoms. The topological polar surface area (TPSA) is 0 Å². The van der Waals surface area contributed by atoms with Gasteiger partial charge in [0.15, 0.2) is 0 Å². The Bertz CT molecular complexity index is 399. The molecule has 0 radical (unpaired) electrons. The molecule has 0 fully saturated rings. The Hall–Kier alpha value is 0.390. The van der Waals surface area contributed by atoms with Crippen LogP contribution in [0.25, 0.3) is 0 Å². The van der Waals surface area contributed by atoms with Crippen molar-refractivity contribution in [2.24, 2.45) is 0 Å². The molecule has 0 aliphatic carbocycles. The number of hydrogen-bond donors (Lipinski definition) is 0. The summed E-state index contributed by atoms with van der Waals surface area (Å²) >= 11 is 0.619. The van der Waals surface area contributed by atoms with Gasteiger partial charge in [-0.25, -0.2) is 0 Å². The zero-order valence-corrected chi connectivity index (χ0v) is 19.5. The van der Waals surface area contributed by atoms with Crippen molar-refractivity contribution in [2.75, 3.05) is 0 Å². The first-order valence-electron chi connectivity index (χ1n) is 7.57. The fourth-order valence-corrected chi connectivity index (χ4v) is 41.4. The molecule has 0 spiro atoms. The van der Waals surface area contributed by atoms with E-state index in [0.29, 0.717) is 18.1 Å². The minimum absolute atomic E-state index is 0.619. The van der Waals surface area contributed by atoms with Crippen LogP contribution >= 0.6 is 0 Å². The van der Waals surface area contributed by atoms with E-state index in [-0.39, 0.29) is 0 Å². The fourth-order valence-electron chi connectivity index (χ4n) is 4.50. The summed E-state index contributed by atoms with van der Waals surface area (Å²) in [5.41, 5.74) is 0. The van der Waals surface area contributed by atoms with Crippen LogP contribution in [0.2, 0.25) is 62.1 Å². The van der Waals surface area contributed by atoms with Gasteiger partial charge in [0.25, 0.3) is 0 Å². The second-order valence-electron chi connectivity index (χ2n) is 8.85. The molecule has 0 atom stereocenters. The average Bonchev–Trinajstić information content (AvgIpc) is 2.22. The van der Waals surface area contributed by atoms with Crippen molar-refractivity contribution in [3.05, 3.63) is 30.3 Å². The second-order valence-corrected chi connectivity index (χ2v) is 31.2. The van der Waals surface area contributed by atoms with Gasteiger partial charge in [-0.15, -0.1) is 0 Å². The van der Waals surface area contributed by atoms with Gasteiger partial charge in [0.05, 0.1) is 0 Å². The summed E-state index contributed by atoms with van der Waals surface area (Å²) in [5, 5.41) is 0. The molecule has 0 unspecified atom stereocenters. The van der Waals surface area contributed by atoms with Crippen molar-refractivity contribution in [3.8, 4) is 0 Å². The SMILES string of the molecule is C[Si](C)(C)C([Se]c1ccccc1)([Si](C)(C)C)[Si](C)(C)C. The molecule has 0 amide bonds. The van der Waals surface area contributed by atoms with Gasteiger partial charge in [-0.3, -0.25) is 0 Å². The Morgan fingerprint density at radius 3 is 1.30 bits per heavy atom. The van der Waals surface area contributed by atoms with Crippen LogP contribution in [0.5, 0.6) is 0 Å². The first-order chi connectivity index (χ1) is 8.83. The van der Waals surface area contributed by atoms with Crippen LogP contribution in [0.1, 0.15) is 0 Å². The molecule has 20 heavy (non-hydrogen) atoms.